The molecular formula is C19H24N2O. The summed E-state index contributed by atoms with van der Waals surface area (Å²) in [5, 5.41) is 3.87. The molecule has 1 spiro atoms. The number of benzene rings is 1. The first-order valence-corrected chi connectivity index (χ1v) is 8.61. The zero-order chi connectivity index (χ0) is 14.9. The zero-order valence-electron chi connectivity index (χ0n) is 13.4. The normalized spacial score (nSPS) is 40.3. The molecule has 22 heavy (non-hydrogen) atoms. The summed E-state index contributed by atoms with van der Waals surface area (Å²) in [6, 6.07) is 7.89. The van der Waals surface area contributed by atoms with E-state index in [1.54, 1.807) is 12.7 Å². The molecule has 4 aliphatic rings. The van der Waals surface area contributed by atoms with Gasteiger partial charge in [0.25, 0.3) is 0 Å². The van der Waals surface area contributed by atoms with E-state index in [9.17, 15) is 0 Å². The molecule has 1 saturated carbocycles. The van der Waals surface area contributed by atoms with Crippen molar-refractivity contribution in [1.82, 2.24) is 4.90 Å². The summed E-state index contributed by atoms with van der Waals surface area (Å²) < 4.78 is 5.63. The standard InChI is InChI=1S/C19H24N2O/c1-3-12-11-21-8-7-19-14-5-4-6-15(22-2)18(14)20-16(19)9-13(12)10-17(19)21/h3-6,13,16-17,20H,7-11H2,1-2H3/t13-,16-,17-,19-/m0/s1. The lowest BCUT2D eigenvalue weighted by atomic mass is 9.60. The molecule has 5 rings (SSSR count). The maximum Gasteiger partial charge on any atom is 0.142 e. The second-order valence-electron chi connectivity index (χ2n) is 7.39. The van der Waals surface area contributed by atoms with Crippen molar-refractivity contribution in [3.63, 3.8) is 0 Å². The van der Waals surface area contributed by atoms with Crippen molar-refractivity contribution in [3.8, 4) is 5.75 Å². The Morgan fingerprint density at radius 3 is 3.09 bits per heavy atom. The van der Waals surface area contributed by atoms with Crippen molar-refractivity contribution in [2.45, 2.75) is 43.7 Å². The highest BCUT2D eigenvalue weighted by molar-refractivity contribution is 5.71. The van der Waals surface area contributed by atoms with Gasteiger partial charge in [-0.1, -0.05) is 23.8 Å². The predicted molar refractivity (Wildman–Crippen MR) is 88.5 cm³/mol. The molecular weight excluding hydrogens is 272 g/mol. The summed E-state index contributed by atoms with van der Waals surface area (Å²) in [4.78, 5) is 2.74. The van der Waals surface area contributed by atoms with E-state index in [4.69, 9.17) is 4.74 Å². The first kappa shape index (κ1) is 13.0. The Morgan fingerprint density at radius 1 is 1.36 bits per heavy atom. The van der Waals surface area contributed by atoms with Crippen LogP contribution in [0.25, 0.3) is 0 Å². The number of methoxy groups -OCH3 is 1. The molecule has 1 aromatic rings. The van der Waals surface area contributed by atoms with E-state index < -0.39 is 0 Å². The SMILES string of the molecule is CC=C1CN2CC[C@]34c5cccc(OC)c5N[C@H]3C[C@H]1C[C@H]24. The predicted octanol–water partition coefficient (Wildman–Crippen LogP) is 3.17. The number of ether oxygens (including phenoxy) is 1. The molecule has 1 aliphatic carbocycles. The maximum absolute atomic E-state index is 5.63. The van der Waals surface area contributed by atoms with Gasteiger partial charge in [-0.3, -0.25) is 4.90 Å². The van der Waals surface area contributed by atoms with Gasteiger partial charge in [0.2, 0.25) is 0 Å². The third-order valence-electron chi connectivity index (χ3n) is 6.84. The lowest BCUT2D eigenvalue weighted by molar-refractivity contribution is 0.101. The van der Waals surface area contributed by atoms with Crippen LogP contribution in [-0.2, 0) is 5.41 Å². The van der Waals surface area contributed by atoms with E-state index in [1.807, 2.05) is 0 Å². The third-order valence-corrected chi connectivity index (χ3v) is 6.84. The summed E-state index contributed by atoms with van der Waals surface area (Å²) >= 11 is 0. The van der Waals surface area contributed by atoms with Gasteiger partial charge in [-0.05, 0) is 50.3 Å². The summed E-state index contributed by atoms with van der Waals surface area (Å²) in [6.07, 6.45) is 6.28. The highest BCUT2D eigenvalue weighted by Gasteiger charge is 2.62. The van der Waals surface area contributed by atoms with Crippen LogP contribution in [0.1, 0.15) is 31.7 Å². The van der Waals surface area contributed by atoms with E-state index in [-0.39, 0.29) is 0 Å². The molecule has 0 aromatic heterocycles. The largest absolute Gasteiger partial charge is 0.495 e. The Balaban J connectivity index is 1.67. The number of fused-ring (bicyclic) bond motifs is 2. The number of anilines is 1. The number of nitrogens with zero attached hydrogens (tertiary/aromatic N) is 1. The monoisotopic (exact) mass is 296 g/mol. The van der Waals surface area contributed by atoms with Crippen molar-refractivity contribution in [3.05, 3.63) is 35.4 Å². The van der Waals surface area contributed by atoms with Gasteiger partial charge in [0.05, 0.1) is 12.8 Å². The molecule has 3 heterocycles. The summed E-state index contributed by atoms with van der Waals surface area (Å²) in [5.74, 6) is 1.79. The Kier molecular flexibility index (Phi) is 2.53. The van der Waals surface area contributed by atoms with Gasteiger partial charge in [-0.2, -0.15) is 0 Å². The van der Waals surface area contributed by atoms with Crippen LogP contribution in [0.4, 0.5) is 5.69 Å². The van der Waals surface area contributed by atoms with Gasteiger partial charge in [-0.15, -0.1) is 0 Å². The molecule has 0 amide bonds. The average molecular weight is 296 g/mol. The fourth-order valence-electron chi connectivity index (χ4n) is 5.89. The molecule has 2 saturated heterocycles. The highest BCUT2D eigenvalue weighted by Crippen LogP contribution is 2.60. The zero-order valence-corrected chi connectivity index (χ0v) is 13.4. The van der Waals surface area contributed by atoms with Gasteiger partial charge < -0.3 is 10.1 Å². The number of rotatable bonds is 1. The number of hydrogen-bond donors (Lipinski definition) is 1. The Bertz CT molecular complexity index is 667. The van der Waals surface area contributed by atoms with Crippen LogP contribution in [0, 0.1) is 5.92 Å². The van der Waals surface area contributed by atoms with Gasteiger partial charge in [0, 0.05) is 24.0 Å². The first-order valence-electron chi connectivity index (χ1n) is 8.61. The van der Waals surface area contributed by atoms with E-state index in [2.05, 4.69) is 41.4 Å². The molecule has 3 heteroatoms. The minimum atomic E-state index is 0.319. The second kappa shape index (κ2) is 4.29. The maximum atomic E-state index is 5.63. The molecule has 3 fully saturated rings. The van der Waals surface area contributed by atoms with Crippen molar-refractivity contribution >= 4 is 5.69 Å². The number of allylic oxidation sites excluding steroid dienone is 1. The van der Waals surface area contributed by atoms with E-state index in [1.165, 1.54) is 43.6 Å². The van der Waals surface area contributed by atoms with Crippen LogP contribution < -0.4 is 10.1 Å². The van der Waals surface area contributed by atoms with Crippen molar-refractivity contribution in [2.24, 2.45) is 5.92 Å². The smallest absolute Gasteiger partial charge is 0.142 e. The van der Waals surface area contributed by atoms with Gasteiger partial charge >= 0.3 is 0 Å². The number of hydrogen-bond acceptors (Lipinski definition) is 3. The molecule has 1 N–H and O–H groups in total. The minimum Gasteiger partial charge on any atom is -0.495 e. The van der Waals surface area contributed by atoms with Gasteiger partial charge in [0.1, 0.15) is 5.75 Å². The molecule has 116 valence electrons. The first-order chi connectivity index (χ1) is 10.8. The van der Waals surface area contributed by atoms with Crippen LogP contribution in [-0.4, -0.2) is 37.2 Å². The molecule has 0 radical (unpaired) electrons. The Hall–Kier alpha value is -1.48. The lowest BCUT2D eigenvalue weighted by Crippen LogP contribution is -2.57. The number of para-hydroxylation sites is 1. The van der Waals surface area contributed by atoms with Crippen LogP contribution in [0.3, 0.4) is 0 Å². The van der Waals surface area contributed by atoms with Gasteiger partial charge in [0.15, 0.2) is 0 Å². The Labute approximate surface area is 132 Å². The lowest BCUT2D eigenvalue weighted by Gasteiger charge is -2.51. The highest BCUT2D eigenvalue weighted by atomic mass is 16.5. The quantitative estimate of drug-likeness (QED) is 0.806. The molecule has 0 unspecified atom stereocenters. The average Bonchev–Trinajstić information content (AvgIpc) is 3.10. The van der Waals surface area contributed by atoms with Crippen LogP contribution >= 0.6 is 0 Å². The molecule has 2 bridgehead atoms. The fourth-order valence-corrected chi connectivity index (χ4v) is 5.89. The van der Waals surface area contributed by atoms with Crippen molar-refractivity contribution < 1.29 is 4.74 Å². The summed E-state index contributed by atoms with van der Waals surface area (Å²) in [5.41, 5.74) is 4.77. The third kappa shape index (κ3) is 1.37. The molecule has 3 nitrogen and oxygen atoms in total. The second-order valence-corrected chi connectivity index (χ2v) is 7.39. The molecule has 1 aromatic carbocycles. The molecule has 3 aliphatic heterocycles. The van der Waals surface area contributed by atoms with Crippen molar-refractivity contribution in [1.29, 1.82) is 0 Å². The van der Waals surface area contributed by atoms with E-state index in [0.29, 0.717) is 17.5 Å². The topological polar surface area (TPSA) is 24.5 Å². The molecule has 4 atom stereocenters. The van der Waals surface area contributed by atoms with E-state index in [0.717, 1.165) is 11.7 Å². The summed E-state index contributed by atoms with van der Waals surface area (Å²) in [6.45, 7) is 4.65. The van der Waals surface area contributed by atoms with Gasteiger partial charge in [-0.25, -0.2) is 0 Å². The van der Waals surface area contributed by atoms with Crippen LogP contribution in [0.5, 0.6) is 5.75 Å². The number of nitrogens with one attached hydrogen (secondary N) is 1. The van der Waals surface area contributed by atoms with Crippen LogP contribution in [0.2, 0.25) is 0 Å². The van der Waals surface area contributed by atoms with Crippen molar-refractivity contribution in [2.75, 3.05) is 25.5 Å². The summed E-state index contributed by atoms with van der Waals surface area (Å²) in [7, 11) is 1.79. The Morgan fingerprint density at radius 2 is 2.27 bits per heavy atom. The minimum absolute atomic E-state index is 0.319. The van der Waals surface area contributed by atoms with E-state index >= 15 is 0 Å². The van der Waals surface area contributed by atoms with Crippen LogP contribution in [0.15, 0.2) is 29.8 Å². The number of piperidine rings is 1. The fraction of sp³-hybridized carbons (Fsp3) is 0.579.